The first-order valence-corrected chi connectivity index (χ1v) is 7.78. The fourth-order valence-corrected chi connectivity index (χ4v) is 2.14. The van der Waals surface area contributed by atoms with E-state index < -0.39 is 0 Å². The van der Waals surface area contributed by atoms with Crippen LogP contribution in [0, 0.1) is 0 Å². The highest BCUT2D eigenvalue weighted by Crippen LogP contribution is 2.09. The van der Waals surface area contributed by atoms with E-state index in [2.05, 4.69) is 31.2 Å². The van der Waals surface area contributed by atoms with Gasteiger partial charge in [-0.3, -0.25) is 0 Å². The van der Waals surface area contributed by atoms with Crippen LogP contribution in [0.1, 0.15) is 58.3 Å². The molecule has 110 valence electrons. The average Bonchev–Trinajstić information content (AvgIpc) is 2.35. The van der Waals surface area contributed by atoms with Crippen molar-refractivity contribution >= 4 is 0 Å². The van der Waals surface area contributed by atoms with Crippen molar-refractivity contribution in [3.05, 3.63) is 0 Å². The van der Waals surface area contributed by atoms with Crippen molar-refractivity contribution < 1.29 is 0 Å². The molecule has 0 aromatic heterocycles. The molecule has 1 atom stereocenters. The molecule has 0 radical (unpaired) electrons. The second kappa shape index (κ2) is 13.3. The van der Waals surface area contributed by atoms with Gasteiger partial charge in [-0.15, -0.1) is 0 Å². The molecule has 3 nitrogen and oxygen atoms in total. The van der Waals surface area contributed by atoms with Crippen LogP contribution in [0.2, 0.25) is 0 Å². The number of unbranched alkanes of at least 4 members (excludes halogenated alkanes) is 6. The molecule has 0 fully saturated rings. The lowest BCUT2D eigenvalue weighted by Gasteiger charge is -2.18. The Morgan fingerprint density at radius 3 is 2.17 bits per heavy atom. The van der Waals surface area contributed by atoms with Gasteiger partial charge in [0, 0.05) is 25.7 Å². The highest BCUT2D eigenvalue weighted by molar-refractivity contribution is 4.68. The summed E-state index contributed by atoms with van der Waals surface area (Å²) in [4.78, 5) is 2.20. The minimum absolute atomic E-state index is 0.514. The second-order valence-electron chi connectivity index (χ2n) is 5.60. The molecule has 1 unspecified atom stereocenters. The van der Waals surface area contributed by atoms with Gasteiger partial charge in [0.15, 0.2) is 0 Å². The summed E-state index contributed by atoms with van der Waals surface area (Å²) in [7, 11) is 4.21. The molecule has 0 aliphatic carbocycles. The summed E-state index contributed by atoms with van der Waals surface area (Å²) in [6.45, 7) is 5.17. The molecule has 3 N–H and O–H groups in total. The molecule has 0 aliphatic heterocycles. The van der Waals surface area contributed by atoms with Crippen LogP contribution in [0.15, 0.2) is 0 Å². The molecule has 3 heteroatoms. The summed E-state index contributed by atoms with van der Waals surface area (Å²) in [6, 6.07) is 0.514. The monoisotopic (exact) mass is 257 g/mol. The van der Waals surface area contributed by atoms with E-state index >= 15 is 0 Å². The SMILES string of the molecule is CCCCCCCCCC(CN)NCCN(C)C. The Kier molecular flexibility index (Phi) is 13.2. The van der Waals surface area contributed by atoms with Crippen molar-refractivity contribution in [2.75, 3.05) is 33.7 Å². The number of likely N-dealkylation sites (N-methyl/N-ethyl adjacent to an activating group) is 1. The van der Waals surface area contributed by atoms with Gasteiger partial charge in [-0.2, -0.15) is 0 Å². The van der Waals surface area contributed by atoms with Crippen molar-refractivity contribution in [3.8, 4) is 0 Å². The van der Waals surface area contributed by atoms with Crippen LogP contribution < -0.4 is 11.1 Å². The van der Waals surface area contributed by atoms with Gasteiger partial charge in [0.25, 0.3) is 0 Å². The number of nitrogens with one attached hydrogen (secondary N) is 1. The Hall–Kier alpha value is -0.120. The van der Waals surface area contributed by atoms with Gasteiger partial charge in [-0.1, -0.05) is 51.9 Å². The van der Waals surface area contributed by atoms with Crippen LogP contribution in [-0.2, 0) is 0 Å². The highest BCUT2D eigenvalue weighted by Gasteiger charge is 2.05. The quantitative estimate of drug-likeness (QED) is 0.498. The molecular weight excluding hydrogens is 222 g/mol. The third kappa shape index (κ3) is 12.3. The van der Waals surface area contributed by atoms with E-state index in [1.807, 2.05) is 0 Å². The van der Waals surface area contributed by atoms with Gasteiger partial charge in [0.2, 0.25) is 0 Å². The first kappa shape index (κ1) is 17.9. The van der Waals surface area contributed by atoms with E-state index in [1.54, 1.807) is 0 Å². The molecule has 0 saturated carbocycles. The smallest absolute Gasteiger partial charge is 0.0190 e. The van der Waals surface area contributed by atoms with Crippen molar-refractivity contribution in [3.63, 3.8) is 0 Å². The van der Waals surface area contributed by atoms with Gasteiger partial charge in [-0.25, -0.2) is 0 Å². The summed E-state index contributed by atoms with van der Waals surface area (Å²) in [5.41, 5.74) is 5.79. The minimum Gasteiger partial charge on any atom is -0.329 e. The third-order valence-electron chi connectivity index (χ3n) is 3.43. The maximum Gasteiger partial charge on any atom is 0.0190 e. The van der Waals surface area contributed by atoms with E-state index in [-0.39, 0.29) is 0 Å². The Morgan fingerprint density at radius 1 is 1.00 bits per heavy atom. The van der Waals surface area contributed by atoms with Crippen LogP contribution in [-0.4, -0.2) is 44.7 Å². The van der Waals surface area contributed by atoms with Crippen LogP contribution in [0.4, 0.5) is 0 Å². The zero-order chi connectivity index (χ0) is 13.6. The first-order chi connectivity index (χ1) is 8.70. The normalized spacial score (nSPS) is 13.2. The Labute approximate surface area is 114 Å². The van der Waals surface area contributed by atoms with Crippen LogP contribution in [0.3, 0.4) is 0 Å². The summed E-state index contributed by atoms with van der Waals surface area (Å²) >= 11 is 0. The van der Waals surface area contributed by atoms with E-state index in [4.69, 9.17) is 5.73 Å². The Bertz CT molecular complexity index is 160. The molecule has 0 heterocycles. The number of hydrogen-bond acceptors (Lipinski definition) is 3. The fourth-order valence-electron chi connectivity index (χ4n) is 2.14. The van der Waals surface area contributed by atoms with Crippen LogP contribution >= 0.6 is 0 Å². The standard InChI is InChI=1S/C15H35N3/c1-4-5-6-7-8-9-10-11-15(14-16)17-12-13-18(2)3/h15,17H,4-14,16H2,1-3H3. The summed E-state index contributed by atoms with van der Waals surface area (Å²) in [5, 5.41) is 3.55. The molecule has 0 bridgehead atoms. The van der Waals surface area contributed by atoms with E-state index in [0.29, 0.717) is 6.04 Å². The van der Waals surface area contributed by atoms with Crippen LogP contribution in [0.25, 0.3) is 0 Å². The number of rotatable bonds is 13. The topological polar surface area (TPSA) is 41.3 Å². The van der Waals surface area contributed by atoms with Crippen molar-refractivity contribution in [1.29, 1.82) is 0 Å². The Morgan fingerprint density at radius 2 is 1.61 bits per heavy atom. The van der Waals surface area contributed by atoms with Gasteiger partial charge in [-0.05, 0) is 20.5 Å². The van der Waals surface area contributed by atoms with Crippen molar-refractivity contribution in [1.82, 2.24) is 10.2 Å². The first-order valence-electron chi connectivity index (χ1n) is 7.78. The number of hydrogen-bond donors (Lipinski definition) is 2. The van der Waals surface area contributed by atoms with Gasteiger partial charge in [0.05, 0.1) is 0 Å². The molecule has 0 aliphatic rings. The average molecular weight is 257 g/mol. The lowest BCUT2D eigenvalue weighted by atomic mass is 10.1. The van der Waals surface area contributed by atoms with Crippen LogP contribution in [0.5, 0.6) is 0 Å². The maximum atomic E-state index is 5.79. The maximum absolute atomic E-state index is 5.79. The van der Waals surface area contributed by atoms with E-state index in [0.717, 1.165) is 19.6 Å². The summed E-state index contributed by atoms with van der Waals surface area (Å²) in [5.74, 6) is 0. The second-order valence-corrected chi connectivity index (χ2v) is 5.60. The van der Waals surface area contributed by atoms with Gasteiger partial charge in [0.1, 0.15) is 0 Å². The van der Waals surface area contributed by atoms with Gasteiger partial charge >= 0.3 is 0 Å². The highest BCUT2D eigenvalue weighted by atomic mass is 15.1. The molecule has 18 heavy (non-hydrogen) atoms. The molecule has 0 spiro atoms. The molecule has 0 aromatic carbocycles. The third-order valence-corrected chi connectivity index (χ3v) is 3.43. The number of nitrogens with two attached hydrogens (primary N) is 1. The molecule has 0 aromatic rings. The lowest BCUT2D eigenvalue weighted by molar-refractivity contribution is 0.374. The predicted molar refractivity (Wildman–Crippen MR) is 82.0 cm³/mol. The molecule has 0 amide bonds. The fraction of sp³-hybridized carbons (Fsp3) is 1.00. The van der Waals surface area contributed by atoms with Crippen molar-refractivity contribution in [2.45, 2.75) is 64.3 Å². The molecule has 0 saturated heterocycles. The molecule has 0 rings (SSSR count). The van der Waals surface area contributed by atoms with Crippen molar-refractivity contribution in [2.24, 2.45) is 5.73 Å². The van der Waals surface area contributed by atoms with E-state index in [9.17, 15) is 0 Å². The summed E-state index contributed by atoms with van der Waals surface area (Å²) < 4.78 is 0. The zero-order valence-electron chi connectivity index (χ0n) is 12.9. The summed E-state index contributed by atoms with van der Waals surface area (Å²) in [6.07, 6.45) is 10.9. The van der Waals surface area contributed by atoms with E-state index in [1.165, 1.54) is 51.4 Å². The lowest BCUT2D eigenvalue weighted by Crippen LogP contribution is -2.39. The molecular formula is C15H35N3. The number of nitrogens with zero attached hydrogens (tertiary/aromatic N) is 1. The zero-order valence-corrected chi connectivity index (χ0v) is 12.9. The largest absolute Gasteiger partial charge is 0.329 e. The Balaban J connectivity index is 3.33. The minimum atomic E-state index is 0.514. The van der Waals surface area contributed by atoms with Gasteiger partial charge < -0.3 is 16.0 Å². The predicted octanol–water partition coefficient (Wildman–Crippen LogP) is 2.61.